The first-order valence-corrected chi connectivity index (χ1v) is 6.50. The van der Waals surface area contributed by atoms with Crippen LogP contribution >= 0.6 is 22.9 Å². The molecule has 0 aliphatic carbocycles. The minimum absolute atomic E-state index is 0.0123. The minimum atomic E-state index is -1.26. The predicted molar refractivity (Wildman–Crippen MR) is 67.8 cm³/mol. The van der Waals surface area contributed by atoms with Crippen molar-refractivity contribution < 1.29 is 19.4 Å². The maximum Gasteiger partial charge on any atom is 0.321 e. The summed E-state index contributed by atoms with van der Waals surface area (Å²) in [6, 6.07) is 0. The van der Waals surface area contributed by atoms with E-state index in [9.17, 15) is 9.59 Å². The summed E-state index contributed by atoms with van der Waals surface area (Å²) in [5.74, 6) is -3.25. The van der Waals surface area contributed by atoms with Gasteiger partial charge in [-0.1, -0.05) is 11.6 Å². The van der Waals surface area contributed by atoms with Crippen molar-refractivity contribution in [2.24, 2.45) is 5.92 Å². The molecule has 1 N–H and O–H groups in total. The highest BCUT2D eigenvalue weighted by atomic mass is 35.5. The van der Waals surface area contributed by atoms with Crippen molar-refractivity contribution in [1.29, 1.82) is 0 Å². The lowest BCUT2D eigenvalue weighted by atomic mass is 10.1. The third-order valence-corrected chi connectivity index (χ3v) is 3.09. The second-order valence-corrected chi connectivity index (χ2v) is 6.02. The summed E-state index contributed by atoms with van der Waals surface area (Å²) in [6.07, 6.45) is -0.0123. The number of nitrogens with zero attached hydrogens (tertiary/aromatic N) is 1. The molecule has 1 aromatic heterocycles. The maximum atomic E-state index is 11.8. The average Bonchev–Trinajstić information content (AvgIpc) is 2.57. The number of halogens is 1. The Kier molecular flexibility index (Phi) is 4.70. The Bertz CT molecular complexity index is 452. The molecule has 0 fully saturated rings. The number of hydrogen-bond donors (Lipinski definition) is 1. The summed E-state index contributed by atoms with van der Waals surface area (Å²) < 4.78 is 5.06. The summed E-state index contributed by atoms with van der Waals surface area (Å²) >= 11 is 6.86. The van der Waals surface area contributed by atoms with Gasteiger partial charge in [-0.2, -0.15) is 0 Å². The zero-order valence-electron chi connectivity index (χ0n) is 10.3. The molecule has 5 nitrogen and oxygen atoms in total. The highest BCUT2D eigenvalue weighted by Gasteiger charge is 2.32. The Morgan fingerprint density at radius 1 is 1.56 bits per heavy atom. The van der Waals surface area contributed by atoms with Gasteiger partial charge in [-0.25, -0.2) is 4.98 Å². The molecule has 0 aromatic carbocycles. The number of esters is 1. The van der Waals surface area contributed by atoms with E-state index in [1.165, 1.54) is 11.3 Å². The Morgan fingerprint density at radius 3 is 2.56 bits per heavy atom. The molecule has 0 bridgehead atoms. The monoisotopic (exact) mass is 291 g/mol. The lowest BCUT2D eigenvalue weighted by Crippen LogP contribution is -2.33. The molecule has 0 saturated heterocycles. The number of ether oxygens (including phenoxy) is 1. The number of carboxylic acid groups (broad SMARTS) is 1. The Labute approximate surface area is 114 Å². The van der Waals surface area contributed by atoms with E-state index >= 15 is 0 Å². The Morgan fingerprint density at radius 2 is 2.17 bits per heavy atom. The second-order valence-electron chi connectivity index (χ2n) is 4.69. The van der Waals surface area contributed by atoms with Crippen LogP contribution < -0.4 is 0 Å². The van der Waals surface area contributed by atoms with Crippen LogP contribution in [0.1, 0.15) is 25.8 Å². The highest BCUT2D eigenvalue weighted by molar-refractivity contribution is 7.10. The number of carbonyl (C=O) groups is 2. The summed E-state index contributed by atoms with van der Waals surface area (Å²) in [7, 11) is 0. The molecule has 1 atom stereocenters. The highest BCUT2D eigenvalue weighted by Crippen LogP contribution is 2.20. The first kappa shape index (κ1) is 14.9. The van der Waals surface area contributed by atoms with Crippen LogP contribution in [0.15, 0.2) is 5.38 Å². The zero-order chi connectivity index (χ0) is 13.9. The van der Waals surface area contributed by atoms with Crippen LogP contribution in [0.3, 0.4) is 0 Å². The molecule has 0 saturated carbocycles. The number of rotatable bonds is 4. The molecular formula is C11H14ClNO4S. The molecule has 18 heavy (non-hydrogen) atoms. The quantitative estimate of drug-likeness (QED) is 0.681. The van der Waals surface area contributed by atoms with Gasteiger partial charge in [0.2, 0.25) is 0 Å². The number of carboxylic acids is 1. The van der Waals surface area contributed by atoms with Crippen LogP contribution in [-0.2, 0) is 20.7 Å². The van der Waals surface area contributed by atoms with Gasteiger partial charge in [0.25, 0.3) is 0 Å². The van der Waals surface area contributed by atoms with E-state index < -0.39 is 23.5 Å². The fourth-order valence-electron chi connectivity index (χ4n) is 1.20. The number of thiazole rings is 1. The van der Waals surface area contributed by atoms with Crippen molar-refractivity contribution in [2.45, 2.75) is 32.8 Å². The van der Waals surface area contributed by atoms with E-state index in [0.29, 0.717) is 10.2 Å². The Balaban J connectivity index is 2.77. The van der Waals surface area contributed by atoms with Crippen molar-refractivity contribution in [3.05, 3.63) is 15.5 Å². The fraction of sp³-hybridized carbons (Fsp3) is 0.545. The van der Waals surface area contributed by atoms with Gasteiger partial charge in [0, 0.05) is 11.8 Å². The van der Waals surface area contributed by atoms with Crippen molar-refractivity contribution in [1.82, 2.24) is 4.98 Å². The number of hydrogen-bond acceptors (Lipinski definition) is 5. The first-order valence-electron chi connectivity index (χ1n) is 5.24. The third-order valence-electron chi connectivity index (χ3n) is 1.89. The normalized spacial score (nSPS) is 13.1. The summed E-state index contributed by atoms with van der Waals surface area (Å²) in [5, 5.41) is 11.4. The lowest BCUT2D eigenvalue weighted by Gasteiger charge is -2.21. The van der Waals surface area contributed by atoms with E-state index in [1.807, 2.05) is 0 Å². The molecule has 0 radical (unpaired) electrons. The number of aromatic nitrogens is 1. The molecule has 0 amide bonds. The SMILES string of the molecule is CC(C)(C)OC(=O)C(Cc1nc(Cl)cs1)C(=O)O. The van der Waals surface area contributed by atoms with Crippen molar-refractivity contribution in [2.75, 3.05) is 0 Å². The first-order chi connectivity index (χ1) is 8.19. The van der Waals surface area contributed by atoms with Crippen molar-refractivity contribution in [3.63, 3.8) is 0 Å². The van der Waals surface area contributed by atoms with Crippen LogP contribution in [0.4, 0.5) is 0 Å². The van der Waals surface area contributed by atoms with Crippen molar-refractivity contribution in [3.8, 4) is 0 Å². The molecule has 0 spiro atoms. The van der Waals surface area contributed by atoms with Gasteiger partial charge in [-0.15, -0.1) is 11.3 Å². The predicted octanol–water partition coefficient (Wildman–Crippen LogP) is 2.38. The van der Waals surface area contributed by atoms with Gasteiger partial charge >= 0.3 is 11.9 Å². The second kappa shape index (κ2) is 5.67. The van der Waals surface area contributed by atoms with Gasteiger partial charge < -0.3 is 9.84 Å². The van der Waals surface area contributed by atoms with E-state index in [4.69, 9.17) is 21.4 Å². The maximum absolute atomic E-state index is 11.8. The molecule has 0 aliphatic rings. The fourth-order valence-corrected chi connectivity index (χ4v) is 2.19. The molecule has 1 aromatic rings. The smallest absolute Gasteiger partial charge is 0.321 e. The summed E-state index contributed by atoms with van der Waals surface area (Å²) in [4.78, 5) is 26.8. The molecular weight excluding hydrogens is 278 g/mol. The van der Waals surface area contributed by atoms with Crippen LogP contribution in [0.25, 0.3) is 0 Å². The lowest BCUT2D eigenvalue weighted by molar-refractivity contribution is -0.166. The van der Waals surface area contributed by atoms with Gasteiger partial charge in [-0.05, 0) is 20.8 Å². The van der Waals surface area contributed by atoms with E-state index in [-0.39, 0.29) is 6.42 Å². The average molecular weight is 292 g/mol. The number of aliphatic carboxylic acids is 1. The number of carbonyl (C=O) groups excluding carboxylic acids is 1. The van der Waals surface area contributed by atoms with Gasteiger partial charge in [0.1, 0.15) is 10.8 Å². The van der Waals surface area contributed by atoms with Crippen LogP contribution in [0.2, 0.25) is 5.15 Å². The van der Waals surface area contributed by atoms with Crippen LogP contribution in [-0.4, -0.2) is 27.6 Å². The molecule has 100 valence electrons. The van der Waals surface area contributed by atoms with E-state index in [0.717, 1.165) is 0 Å². The Hall–Kier alpha value is -1.14. The van der Waals surface area contributed by atoms with E-state index in [1.54, 1.807) is 26.2 Å². The minimum Gasteiger partial charge on any atom is -0.481 e. The third kappa shape index (κ3) is 4.62. The van der Waals surface area contributed by atoms with Gasteiger partial charge in [-0.3, -0.25) is 9.59 Å². The molecule has 0 aliphatic heterocycles. The topological polar surface area (TPSA) is 76.5 Å². The van der Waals surface area contributed by atoms with Crippen molar-refractivity contribution >= 4 is 34.9 Å². The van der Waals surface area contributed by atoms with Gasteiger partial charge in [0.05, 0.1) is 5.01 Å². The standard InChI is InChI=1S/C11H14ClNO4S/c1-11(2,3)17-10(16)6(9(14)15)4-8-13-7(12)5-18-8/h5-6H,4H2,1-3H3,(H,14,15). The summed E-state index contributed by atoms with van der Waals surface area (Å²) in [5.41, 5.74) is -0.717. The summed E-state index contributed by atoms with van der Waals surface area (Å²) in [6.45, 7) is 5.05. The molecule has 1 heterocycles. The van der Waals surface area contributed by atoms with Gasteiger partial charge in [0.15, 0.2) is 5.92 Å². The molecule has 7 heteroatoms. The molecule has 1 rings (SSSR count). The van der Waals surface area contributed by atoms with Crippen LogP contribution in [0.5, 0.6) is 0 Å². The molecule has 1 unspecified atom stereocenters. The zero-order valence-corrected chi connectivity index (χ0v) is 11.8. The van der Waals surface area contributed by atoms with E-state index in [2.05, 4.69) is 4.98 Å². The largest absolute Gasteiger partial charge is 0.481 e. The van der Waals surface area contributed by atoms with Crippen LogP contribution in [0, 0.1) is 5.92 Å².